The summed E-state index contributed by atoms with van der Waals surface area (Å²) in [7, 11) is 4.10. The summed E-state index contributed by atoms with van der Waals surface area (Å²) in [5, 5.41) is 17.4. The van der Waals surface area contributed by atoms with E-state index in [0.29, 0.717) is 19.6 Å². The summed E-state index contributed by atoms with van der Waals surface area (Å²) in [5.74, 6) is 0.718. The maximum Gasteiger partial charge on any atom is 0.191 e. The third-order valence-electron chi connectivity index (χ3n) is 4.78. The van der Waals surface area contributed by atoms with E-state index in [1.165, 1.54) is 16.8 Å². The summed E-state index contributed by atoms with van der Waals surface area (Å²) in [6.45, 7) is 11.6. The molecule has 1 aromatic rings. The van der Waals surface area contributed by atoms with Crippen molar-refractivity contribution >= 4 is 35.6 Å². The second-order valence-corrected chi connectivity index (χ2v) is 7.96. The Kier molecular flexibility index (Phi) is 11.2. The number of anilines is 1. The van der Waals surface area contributed by atoms with E-state index in [2.05, 4.69) is 45.6 Å². The van der Waals surface area contributed by atoms with Gasteiger partial charge in [-0.25, -0.2) is 4.99 Å². The van der Waals surface area contributed by atoms with Crippen LogP contribution in [0.3, 0.4) is 0 Å². The van der Waals surface area contributed by atoms with Crippen LogP contribution in [-0.4, -0.2) is 81.6 Å². The second kappa shape index (κ2) is 12.6. The summed E-state index contributed by atoms with van der Waals surface area (Å²) < 4.78 is 5.38. The molecular weight excluding hydrogens is 481 g/mol. The lowest BCUT2D eigenvalue weighted by Gasteiger charge is -2.34. The summed E-state index contributed by atoms with van der Waals surface area (Å²) in [5.41, 5.74) is 2.75. The van der Waals surface area contributed by atoms with Gasteiger partial charge < -0.3 is 25.4 Å². The van der Waals surface area contributed by atoms with Crippen molar-refractivity contribution in [1.82, 2.24) is 15.5 Å². The van der Waals surface area contributed by atoms with Crippen LogP contribution in [-0.2, 0) is 11.3 Å². The van der Waals surface area contributed by atoms with Crippen molar-refractivity contribution in [3.05, 3.63) is 29.3 Å². The molecular formula is C21H38IN5O2. The fourth-order valence-corrected chi connectivity index (χ4v) is 3.30. The van der Waals surface area contributed by atoms with Gasteiger partial charge in [0.1, 0.15) is 0 Å². The van der Waals surface area contributed by atoms with Gasteiger partial charge in [-0.3, -0.25) is 4.90 Å². The number of rotatable bonds is 8. The number of nitrogens with zero attached hydrogens (tertiary/aromatic N) is 3. The van der Waals surface area contributed by atoms with Gasteiger partial charge >= 0.3 is 0 Å². The van der Waals surface area contributed by atoms with Gasteiger partial charge in [0.05, 0.1) is 25.4 Å². The minimum atomic E-state index is -0.841. The first-order valence-electron chi connectivity index (χ1n) is 10.1. The molecule has 7 nitrogen and oxygen atoms in total. The predicted molar refractivity (Wildman–Crippen MR) is 132 cm³/mol. The molecule has 1 unspecified atom stereocenters. The van der Waals surface area contributed by atoms with E-state index in [1.54, 1.807) is 0 Å². The molecule has 29 heavy (non-hydrogen) atoms. The quantitative estimate of drug-likeness (QED) is 0.277. The number of aliphatic hydroxyl groups is 1. The van der Waals surface area contributed by atoms with Crippen molar-refractivity contribution in [3.8, 4) is 0 Å². The highest BCUT2D eigenvalue weighted by Gasteiger charge is 2.25. The van der Waals surface area contributed by atoms with Crippen LogP contribution in [0, 0.1) is 6.92 Å². The Hall–Kier alpha value is -1.10. The molecule has 8 heteroatoms. The van der Waals surface area contributed by atoms with E-state index in [0.717, 1.165) is 38.8 Å². The van der Waals surface area contributed by atoms with E-state index in [4.69, 9.17) is 9.73 Å². The Labute approximate surface area is 192 Å². The smallest absolute Gasteiger partial charge is 0.191 e. The van der Waals surface area contributed by atoms with Crippen LogP contribution in [0.4, 0.5) is 5.69 Å². The molecule has 0 bridgehead atoms. The fraction of sp³-hybridized carbons (Fsp3) is 0.667. The molecule has 166 valence electrons. The van der Waals surface area contributed by atoms with Gasteiger partial charge in [-0.1, -0.05) is 12.1 Å². The third kappa shape index (κ3) is 9.06. The summed E-state index contributed by atoms with van der Waals surface area (Å²) in [4.78, 5) is 9.09. The van der Waals surface area contributed by atoms with Crippen LogP contribution < -0.4 is 15.5 Å². The molecule has 0 spiro atoms. The molecule has 1 aliphatic heterocycles. The van der Waals surface area contributed by atoms with Crippen molar-refractivity contribution < 1.29 is 9.84 Å². The Morgan fingerprint density at radius 3 is 2.59 bits per heavy atom. The average molecular weight is 519 g/mol. The first-order chi connectivity index (χ1) is 13.3. The zero-order valence-corrected chi connectivity index (χ0v) is 20.8. The molecule has 1 atom stereocenters. The van der Waals surface area contributed by atoms with Gasteiger partial charge in [0.25, 0.3) is 0 Å². The molecule has 2 rings (SSSR count). The molecule has 0 radical (unpaired) electrons. The van der Waals surface area contributed by atoms with Gasteiger partial charge in [-0.2, -0.15) is 0 Å². The lowest BCUT2D eigenvalue weighted by atomic mass is 10.1. The first kappa shape index (κ1) is 25.9. The number of hydrogen-bond acceptors (Lipinski definition) is 5. The van der Waals surface area contributed by atoms with Crippen molar-refractivity contribution in [2.45, 2.75) is 32.9 Å². The van der Waals surface area contributed by atoms with Crippen molar-refractivity contribution in [2.24, 2.45) is 4.99 Å². The minimum absolute atomic E-state index is 0. The Morgan fingerprint density at radius 1 is 1.28 bits per heavy atom. The number of aliphatic imine (C=N–C) groups is 1. The van der Waals surface area contributed by atoms with Gasteiger partial charge in [0.2, 0.25) is 0 Å². The van der Waals surface area contributed by atoms with Gasteiger partial charge in [0.15, 0.2) is 5.96 Å². The van der Waals surface area contributed by atoms with E-state index in [9.17, 15) is 5.11 Å². The van der Waals surface area contributed by atoms with E-state index >= 15 is 0 Å². The number of ether oxygens (including phenoxy) is 1. The SMILES string of the molecule is CCNC(=NCc1ccc(C)cc1N(C)C)NCC(C)(O)CN1CCOCC1.I. The molecule has 0 aromatic heterocycles. The largest absolute Gasteiger partial charge is 0.387 e. The van der Waals surface area contributed by atoms with Gasteiger partial charge in [-0.15, -0.1) is 24.0 Å². The topological polar surface area (TPSA) is 72.4 Å². The zero-order valence-electron chi connectivity index (χ0n) is 18.5. The molecule has 1 heterocycles. The standard InChI is InChI=1S/C21H37N5O2.HI/c1-6-22-20(23-14-18-8-7-17(2)13-19(18)25(4)5)24-15-21(3,27)16-26-9-11-28-12-10-26;/h7-8,13,27H,6,9-12,14-16H2,1-5H3,(H2,22,23,24);1H. The first-order valence-corrected chi connectivity index (χ1v) is 10.1. The highest BCUT2D eigenvalue weighted by molar-refractivity contribution is 14.0. The summed E-state index contributed by atoms with van der Waals surface area (Å²) in [6, 6.07) is 6.43. The van der Waals surface area contributed by atoms with Crippen molar-refractivity contribution in [3.63, 3.8) is 0 Å². The second-order valence-electron chi connectivity index (χ2n) is 7.96. The average Bonchev–Trinajstić information content (AvgIpc) is 2.65. The predicted octanol–water partition coefficient (Wildman–Crippen LogP) is 1.82. The molecule has 1 aliphatic rings. The number of hydrogen-bond donors (Lipinski definition) is 3. The summed E-state index contributed by atoms with van der Waals surface area (Å²) in [6.07, 6.45) is 0. The van der Waals surface area contributed by atoms with Crippen molar-refractivity contribution in [2.75, 3.05) is 64.9 Å². The van der Waals surface area contributed by atoms with Gasteiger partial charge in [-0.05, 0) is 38.0 Å². The van der Waals surface area contributed by atoms with E-state index in [-0.39, 0.29) is 24.0 Å². The van der Waals surface area contributed by atoms with Crippen molar-refractivity contribution in [1.29, 1.82) is 0 Å². The molecule has 1 saturated heterocycles. The molecule has 1 fully saturated rings. The molecule has 1 aromatic carbocycles. The molecule has 3 N–H and O–H groups in total. The van der Waals surface area contributed by atoms with Crippen LogP contribution >= 0.6 is 24.0 Å². The van der Waals surface area contributed by atoms with Crippen LogP contribution in [0.5, 0.6) is 0 Å². The van der Waals surface area contributed by atoms with E-state index < -0.39 is 5.60 Å². The van der Waals surface area contributed by atoms with Gasteiger partial charge in [0, 0.05) is 52.5 Å². The van der Waals surface area contributed by atoms with Crippen LogP contribution in [0.15, 0.2) is 23.2 Å². The molecule has 0 aliphatic carbocycles. The number of guanidine groups is 1. The number of aryl methyl sites for hydroxylation is 1. The molecule has 0 saturated carbocycles. The van der Waals surface area contributed by atoms with Crippen LogP contribution in [0.1, 0.15) is 25.0 Å². The maximum absolute atomic E-state index is 10.8. The highest BCUT2D eigenvalue weighted by Crippen LogP contribution is 2.21. The molecule has 0 amide bonds. The van der Waals surface area contributed by atoms with E-state index in [1.807, 2.05) is 27.9 Å². The summed E-state index contributed by atoms with van der Waals surface area (Å²) >= 11 is 0. The highest BCUT2D eigenvalue weighted by atomic mass is 127. The number of nitrogens with one attached hydrogen (secondary N) is 2. The Bertz CT molecular complexity index is 646. The Balaban J connectivity index is 0.00000420. The fourth-order valence-electron chi connectivity index (χ4n) is 3.30. The maximum atomic E-state index is 10.8. The number of benzene rings is 1. The van der Waals surface area contributed by atoms with Crippen LogP contribution in [0.2, 0.25) is 0 Å². The number of halogens is 1. The normalized spacial score (nSPS) is 17.2. The lowest BCUT2D eigenvalue weighted by Crippen LogP contribution is -2.52. The number of morpholine rings is 1. The zero-order chi connectivity index (χ0) is 20.6. The monoisotopic (exact) mass is 519 g/mol. The third-order valence-corrected chi connectivity index (χ3v) is 4.78. The van der Waals surface area contributed by atoms with Crippen LogP contribution in [0.25, 0.3) is 0 Å². The number of β-amino-alcohol motifs (C(OH)–C–C–N with tert-alkyl or cyclic N) is 1. The Morgan fingerprint density at radius 2 is 1.97 bits per heavy atom. The lowest BCUT2D eigenvalue weighted by molar-refractivity contribution is -0.0201. The minimum Gasteiger partial charge on any atom is -0.387 e.